The Hall–Kier alpha value is -5.48. The van der Waals surface area contributed by atoms with Crippen LogP contribution in [0, 0.1) is 13.8 Å². The Morgan fingerprint density at radius 3 is 2.06 bits per heavy atom. The first-order valence-electron chi connectivity index (χ1n) is 16.8. The molecule has 238 valence electrons. The van der Waals surface area contributed by atoms with Gasteiger partial charge in [0.05, 0.1) is 22.3 Å². The smallest absolute Gasteiger partial charge is 0.149 e. The molecule has 7 rings (SSSR count). The first kappa shape index (κ1) is 31.1. The summed E-state index contributed by atoms with van der Waals surface area (Å²) in [5.41, 5.74) is 14.5. The van der Waals surface area contributed by atoms with Crippen molar-refractivity contribution in [1.82, 2.24) is 14.5 Å². The SMILES string of the molecule is Cc1cc(C)c(O)c(-c2nc3c(-c4cc(-c5cc(-c6ccc(C(C)C)cc6)ccn5)cc(C(C)C)c4)cccc3n2-c2ccccc2)c1. The average Bonchev–Trinajstić information content (AvgIpc) is 3.50. The van der Waals surface area contributed by atoms with Crippen molar-refractivity contribution in [3.05, 3.63) is 144 Å². The minimum atomic E-state index is 0.253. The normalized spacial score (nSPS) is 11.6. The highest BCUT2D eigenvalue weighted by Gasteiger charge is 2.21. The third kappa shape index (κ3) is 5.79. The molecule has 4 nitrogen and oxygen atoms in total. The second-order valence-corrected chi connectivity index (χ2v) is 13.5. The van der Waals surface area contributed by atoms with E-state index in [1.54, 1.807) is 0 Å². The summed E-state index contributed by atoms with van der Waals surface area (Å²) in [6.07, 6.45) is 1.91. The van der Waals surface area contributed by atoms with Crippen LogP contribution in [0.4, 0.5) is 0 Å². The Labute approximate surface area is 283 Å². The molecule has 7 aromatic rings. The third-order valence-corrected chi connectivity index (χ3v) is 9.28. The van der Waals surface area contributed by atoms with Crippen LogP contribution in [0.3, 0.4) is 0 Å². The molecule has 4 heteroatoms. The Bertz CT molecular complexity index is 2260. The molecule has 0 spiro atoms. The highest BCUT2D eigenvalue weighted by atomic mass is 16.3. The van der Waals surface area contributed by atoms with Crippen molar-refractivity contribution >= 4 is 11.0 Å². The van der Waals surface area contributed by atoms with E-state index in [1.807, 2.05) is 43.5 Å². The molecule has 1 N–H and O–H groups in total. The van der Waals surface area contributed by atoms with Gasteiger partial charge < -0.3 is 5.11 Å². The van der Waals surface area contributed by atoms with Gasteiger partial charge in [-0.2, -0.15) is 0 Å². The van der Waals surface area contributed by atoms with Crippen molar-refractivity contribution in [3.63, 3.8) is 0 Å². The van der Waals surface area contributed by atoms with Crippen molar-refractivity contribution in [2.75, 3.05) is 0 Å². The van der Waals surface area contributed by atoms with E-state index in [9.17, 15) is 5.11 Å². The minimum Gasteiger partial charge on any atom is -0.507 e. The van der Waals surface area contributed by atoms with E-state index in [1.165, 1.54) is 16.7 Å². The van der Waals surface area contributed by atoms with Gasteiger partial charge in [0, 0.05) is 23.0 Å². The summed E-state index contributed by atoms with van der Waals surface area (Å²) in [7, 11) is 0. The number of aryl methyl sites for hydroxylation is 2. The van der Waals surface area contributed by atoms with Crippen LogP contribution in [0.25, 0.3) is 61.6 Å². The minimum absolute atomic E-state index is 0.253. The number of phenolic OH excluding ortho intramolecular Hbond substituents is 1. The molecule has 2 heterocycles. The van der Waals surface area contributed by atoms with Gasteiger partial charge in [-0.05, 0) is 113 Å². The fourth-order valence-corrected chi connectivity index (χ4v) is 6.60. The maximum atomic E-state index is 11.3. The van der Waals surface area contributed by atoms with Crippen LogP contribution < -0.4 is 0 Å². The molecule has 48 heavy (non-hydrogen) atoms. The van der Waals surface area contributed by atoms with Crippen molar-refractivity contribution in [1.29, 1.82) is 0 Å². The maximum absolute atomic E-state index is 11.3. The van der Waals surface area contributed by atoms with Crippen LogP contribution in [0.1, 0.15) is 61.8 Å². The van der Waals surface area contributed by atoms with Crippen LogP contribution in [0.5, 0.6) is 5.75 Å². The second kappa shape index (κ2) is 12.6. The number of pyridine rings is 1. The summed E-state index contributed by atoms with van der Waals surface area (Å²) in [5, 5.41) is 11.3. The molecule has 0 bridgehead atoms. The molecule has 0 amide bonds. The molecule has 0 aliphatic rings. The van der Waals surface area contributed by atoms with Gasteiger partial charge in [0.15, 0.2) is 0 Å². The first-order valence-corrected chi connectivity index (χ1v) is 16.8. The van der Waals surface area contributed by atoms with Gasteiger partial charge in [-0.15, -0.1) is 0 Å². The predicted octanol–water partition coefficient (Wildman–Crippen LogP) is 11.7. The van der Waals surface area contributed by atoms with Crippen molar-refractivity contribution < 1.29 is 5.11 Å². The number of hydrogen-bond acceptors (Lipinski definition) is 3. The lowest BCUT2D eigenvalue weighted by molar-refractivity contribution is 0.472. The van der Waals surface area contributed by atoms with Gasteiger partial charge in [-0.1, -0.05) is 94.4 Å². The zero-order valence-corrected chi connectivity index (χ0v) is 28.5. The monoisotopic (exact) mass is 627 g/mol. The molecule has 5 aromatic carbocycles. The molecule has 0 atom stereocenters. The third-order valence-electron chi connectivity index (χ3n) is 9.28. The second-order valence-electron chi connectivity index (χ2n) is 13.5. The first-order chi connectivity index (χ1) is 23.2. The van der Waals surface area contributed by atoms with Gasteiger partial charge in [0.25, 0.3) is 0 Å². The van der Waals surface area contributed by atoms with E-state index in [2.05, 4.69) is 124 Å². The number of imidazole rings is 1. The zero-order valence-electron chi connectivity index (χ0n) is 28.5. The number of phenols is 1. The lowest BCUT2D eigenvalue weighted by Gasteiger charge is -2.14. The van der Waals surface area contributed by atoms with Crippen LogP contribution in [-0.4, -0.2) is 19.6 Å². The van der Waals surface area contributed by atoms with E-state index < -0.39 is 0 Å². The molecule has 0 aliphatic carbocycles. The van der Waals surface area contributed by atoms with E-state index in [0.29, 0.717) is 17.7 Å². The molecule has 0 saturated carbocycles. The number of aromatic hydroxyl groups is 1. The number of para-hydroxylation sites is 2. The number of rotatable bonds is 7. The number of nitrogens with zero attached hydrogens (tertiary/aromatic N) is 3. The fourth-order valence-electron chi connectivity index (χ4n) is 6.60. The van der Waals surface area contributed by atoms with Gasteiger partial charge in [-0.25, -0.2) is 4.98 Å². The number of hydrogen-bond donors (Lipinski definition) is 1. The van der Waals surface area contributed by atoms with Crippen LogP contribution in [-0.2, 0) is 0 Å². The molecular formula is C44H41N3O. The number of aromatic nitrogens is 3. The average molecular weight is 628 g/mol. The molecule has 2 aromatic heterocycles. The van der Waals surface area contributed by atoms with Crippen molar-refractivity contribution in [3.8, 4) is 56.3 Å². The van der Waals surface area contributed by atoms with Crippen LogP contribution in [0.15, 0.2) is 121 Å². The maximum Gasteiger partial charge on any atom is 0.149 e. The van der Waals surface area contributed by atoms with Crippen LogP contribution >= 0.6 is 0 Å². The predicted molar refractivity (Wildman–Crippen MR) is 200 cm³/mol. The molecular weight excluding hydrogens is 587 g/mol. The Morgan fingerprint density at radius 1 is 0.604 bits per heavy atom. The van der Waals surface area contributed by atoms with Gasteiger partial charge >= 0.3 is 0 Å². The molecule has 0 aliphatic heterocycles. The number of fused-ring (bicyclic) bond motifs is 1. The quantitative estimate of drug-likeness (QED) is 0.191. The van der Waals surface area contributed by atoms with Gasteiger partial charge in [0.2, 0.25) is 0 Å². The lowest BCUT2D eigenvalue weighted by Crippen LogP contribution is -1.98. The Balaban J connectivity index is 1.42. The molecule has 0 radical (unpaired) electrons. The fraction of sp³-hybridized carbons (Fsp3) is 0.182. The zero-order chi connectivity index (χ0) is 33.5. The lowest BCUT2D eigenvalue weighted by atomic mass is 9.92. The largest absolute Gasteiger partial charge is 0.507 e. The summed E-state index contributed by atoms with van der Waals surface area (Å²) in [5.74, 6) is 1.78. The van der Waals surface area contributed by atoms with E-state index in [0.717, 1.165) is 61.4 Å². The van der Waals surface area contributed by atoms with E-state index in [-0.39, 0.29) is 5.75 Å². The summed E-state index contributed by atoms with van der Waals surface area (Å²) in [4.78, 5) is 10.2. The summed E-state index contributed by atoms with van der Waals surface area (Å²) in [6.45, 7) is 12.9. The number of benzene rings is 5. The molecule has 0 saturated heterocycles. The topological polar surface area (TPSA) is 50.9 Å². The van der Waals surface area contributed by atoms with E-state index >= 15 is 0 Å². The van der Waals surface area contributed by atoms with Gasteiger partial charge in [-0.3, -0.25) is 9.55 Å². The Morgan fingerprint density at radius 2 is 1.33 bits per heavy atom. The standard InChI is InChI=1S/C44H41N3O/c1-27(2)31-15-17-32(18-16-31)33-19-20-45-40(26-33)36-24-34(28(3)4)23-35(25-36)38-13-10-14-41-42(38)46-44(47(41)37-11-8-7-9-12-37)39-22-29(5)21-30(6)43(39)48/h7-28,48H,1-6H3. The van der Waals surface area contributed by atoms with Gasteiger partial charge in [0.1, 0.15) is 11.6 Å². The summed E-state index contributed by atoms with van der Waals surface area (Å²) < 4.78 is 2.16. The van der Waals surface area contributed by atoms with Crippen LogP contribution in [0.2, 0.25) is 0 Å². The van der Waals surface area contributed by atoms with E-state index in [4.69, 9.17) is 9.97 Å². The summed E-state index contributed by atoms with van der Waals surface area (Å²) >= 11 is 0. The highest BCUT2D eigenvalue weighted by Crippen LogP contribution is 2.40. The summed E-state index contributed by atoms with van der Waals surface area (Å²) in [6, 6.07) is 40.6. The highest BCUT2D eigenvalue weighted by molar-refractivity contribution is 5.97. The molecule has 0 unspecified atom stereocenters. The van der Waals surface area contributed by atoms with Crippen molar-refractivity contribution in [2.45, 2.75) is 53.4 Å². The Kier molecular flexibility index (Phi) is 8.18. The molecule has 0 fully saturated rings. The van der Waals surface area contributed by atoms with Crippen molar-refractivity contribution in [2.24, 2.45) is 0 Å².